The van der Waals surface area contributed by atoms with E-state index < -0.39 is 0 Å². The lowest BCUT2D eigenvalue weighted by Gasteiger charge is -2.31. The molecule has 0 aliphatic carbocycles. The van der Waals surface area contributed by atoms with E-state index in [1.807, 2.05) is 49.2 Å². The van der Waals surface area contributed by atoms with Gasteiger partial charge in [0, 0.05) is 37.1 Å². The van der Waals surface area contributed by atoms with Gasteiger partial charge in [-0.2, -0.15) is 0 Å². The van der Waals surface area contributed by atoms with E-state index in [4.69, 9.17) is 0 Å². The highest BCUT2D eigenvalue weighted by Gasteiger charge is 2.25. The lowest BCUT2D eigenvalue weighted by atomic mass is 9.94. The number of piperidine rings is 1. The van der Waals surface area contributed by atoms with E-state index in [0.717, 1.165) is 47.5 Å². The molecular formula is C25H32N4O2. The highest BCUT2D eigenvalue weighted by atomic mass is 16.2. The molecule has 0 bridgehead atoms. The second-order valence-corrected chi connectivity index (χ2v) is 8.73. The van der Waals surface area contributed by atoms with Gasteiger partial charge in [-0.3, -0.25) is 19.5 Å². The minimum absolute atomic E-state index is 0.0701. The lowest BCUT2D eigenvalue weighted by Crippen LogP contribution is -2.40. The fraction of sp³-hybridized carbons (Fsp3) is 0.480. The summed E-state index contributed by atoms with van der Waals surface area (Å²) in [6, 6.07) is 7.73. The number of fused-ring (bicyclic) bond motifs is 1. The van der Waals surface area contributed by atoms with E-state index in [-0.39, 0.29) is 11.8 Å². The first kappa shape index (κ1) is 21.5. The third kappa shape index (κ3) is 4.96. The van der Waals surface area contributed by atoms with E-state index in [1.54, 1.807) is 0 Å². The largest absolute Gasteiger partial charge is 0.351 e. The van der Waals surface area contributed by atoms with Gasteiger partial charge in [-0.15, -0.1) is 0 Å². The number of hydrogen-bond donors (Lipinski definition) is 1. The highest BCUT2D eigenvalue weighted by molar-refractivity contribution is 5.95. The van der Waals surface area contributed by atoms with Gasteiger partial charge in [0.05, 0.1) is 6.54 Å². The maximum absolute atomic E-state index is 13.0. The van der Waals surface area contributed by atoms with Crippen molar-refractivity contribution in [3.63, 3.8) is 0 Å². The van der Waals surface area contributed by atoms with Crippen LogP contribution < -0.4 is 5.32 Å². The zero-order valence-electron chi connectivity index (χ0n) is 18.6. The number of carbonyl (C=O) groups is 2. The van der Waals surface area contributed by atoms with E-state index in [1.165, 1.54) is 24.8 Å². The Morgan fingerprint density at radius 2 is 1.84 bits per heavy atom. The first-order valence-corrected chi connectivity index (χ1v) is 11.3. The first-order valence-electron chi connectivity index (χ1n) is 11.3. The van der Waals surface area contributed by atoms with Crippen molar-refractivity contribution in [1.29, 1.82) is 0 Å². The van der Waals surface area contributed by atoms with Crippen molar-refractivity contribution >= 4 is 11.8 Å². The molecular weight excluding hydrogens is 388 g/mol. The van der Waals surface area contributed by atoms with Gasteiger partial charge >= 0.3 is 0 Å². The van der Waals surface area contributed by atoms with Gasteiger partial charge in [0.25, 0.3) is 5.91 Å². The number of amides is 2. The Kier molecular flexibility index (Phi) is 6.66. The summed E-state index contributed by atoms with van der Waals surface area (Å²) in [5.41, 5.74) is 6.13. The maximum atomic E-state index is 13.0. The van der Waals surface area contributed by atoms with Crippen LogP contribution in [0.1, 0.15) is 57.6 Å². The van der Waals surface area contributed by atoms with Gasteiger partial charge in [0.2, 0.25) is 5.91 Å². The predicted octanol–water partition coefficient (Wildman–Crippen LogP) is 3.00. The van der Waals surface area contributed by atoms with Crippen LogP contribution in [0.15, 0.2) is 30.5 Å². The second-order valence-electron chi connectivity index (χ2n) is 8.73. The normalized spacial score (nSPS) is 16.6. The third-order valence-electron chi connectivity index (χ3n) is 6.54. The van der Waals surface area contributed by atoms with Crippen LogP contribution in [0.25, 0.3) is 0 Å². The fourth-order valence-corrected chi connectivity index (χ4v) is 4.68. The highest BCUT2D eigenvalue weighted by Crippen LogP contribution is 2.25. The summed E-state index contributed by atoms with van der Waals surface area (Å²) in [7, 11) is 0. The number of aryl methyl sites for hydroxylation is 2. The van der Waals surface area contributed by atoms with Crippen molar-refractivity contribution < 1.29 is 9.59 Å². The fourth-order valence-electron chi connectivity index (χ4n) is 4.68. The van der Waals surface area contributed by atoms with Crippen LogP contribution in [0.2, 0.25) is 0 Å². The molecule has 0 atom stereocenters. The maximum Gasteiger partial charge on any atom is 0.254 e. The third-order valence-corrected chi connectivity index (χ3v) is 6.54. The molecule has 1 N–H and O–H groups in total. The Morgan fingerprint density at radius 1 is 1.06 bits per heavy atom. The summed E-state index contributed by atoms with van der Waals surface area (Å²) in [6.07, 6.45) is 6.30. The number of hydrogen-bond acceptors (Lipinski definition) is 4. The summed E-state index contributed by atoms with van der Waals surface area (Å²) in [5, 5.41) is 3.10. The van der Waals surface area contributed by atoms with Gasteiger partial charge in [-0.1, -0.05) is 24.6 Å². The summed E-state index contributed by atoms with van der Waals surface area (Å²) < 4.78 is 0. The Balaban J connectivity index is 1.43. The zero-order valence-corrected chi connectivity index (χ0v) is 18.6. The molecule has 0 saturated carbocycles. The molecule has 4 rings (SSSR count). The van der Waals surface area contributed by atoms with E-state index in [2.05, 4.69) is 15.2 Å². The summed E-state index contributed by atoms with van der Waals surface area (Å²) in [5.74, 6) is 0.145. The molecule has 6 heteroatoms. The van der Waals surface area contributed by atoms with Gasteiger partial charge in [0.15, 0.2) is 0 Å². The molecule has 0 unspecified atom stereocenters. The second kappa shape index (κ2) is 9.60. The molecule has 2 aliphatic rings. The van der Waals surface area contributed by atoms with Crippen LogP contribution in [0.5, 0.6) is 0 Å². The summed E-state index contributed by atoms with van der Waals surface area (Å²) >= 11 is 0. The number of rotatable bonds is 5. The number of aromatic nitrogens is 1. The SMILES string of the molecule is Cc1ccccc1C(=O)N1CCc2c(cnc(C)c2CNC(=O)CN2CCCCC2)C1. The number of nitrogens with one attached hydrogen (secondary N) is 1. The van der Waals surface area contributed by atoms with Gasteiger partial charge in [0.1, 0.15) is 0 Å². The minimum atomic E-state index is 0.0701. The van der Waals surface area contributed by atoms with Crippen molar-refractivity contribution in [3.8, 4) is 0 Å². The molecule has 31 heavy (non-hydrogen) atoms. The quantitative estimate of drug-likeness (QED) is 0.808. The van der Waals surface area contributed by atoms with Gasteiger partial charge in [-0.25, -0.2) is 0 Å². The average molecular weight is 421 g/mol. The number of pyridine rings is 1. The standard InChI is InChI=1S/C25H32N4O2/c1-18-8-4-5-9-21(18)25(31)29-13-10-22-20(16-29)14-26-19(2)23(22)15-27-24(30)17-28-11-6-3-7-12-28/h4-5,8-9,14H,3,6-7,10-13,15-17H2,1-2H3,(H,27,30). The van der Waals surface area contributed by atoms with Crippen molar-refractivity contribution in [2.75, 3.05) is 26.2 Å². The molecule has 0 radical (unpaired) electrons. The van der Waals surface area contributed by atoms with Crippen molar-refractivity contribution in [2.24, 2.45) is 0 Å². The van der Waals surface area contributed by atoms with Gasteiger partial charge < -0.3 is 10.2 Å². The van der Waals surface area contributed by atoms with Crippen LogP contribution in [-0.2, 0) is 24.3 Å². The molecule has 164 valence electrons. The average Bonchev–Trinajstić information content (AvgIpc) is 2.78. The van der Waals surface area contributed by atoms with E-state index in [9.17, 15) is 9.59 Å². The zero-order chi connectivity index (χ0) is 21.8. The van der Waals surface area contributed by atoms with Crippen LogP contribution >= 0.6 is 0 Å². The molecule has 2 amide bonds. The molecule has 2 aliphatic heterocycles. The van der Waals surface area contributed by atoms with Crippen molar-refractivity contribution in [1.82, 2.24) is 20.1 Å². The molecule has 6 nitrogen and oxygen atoms in total. The summed E-state index contributed by atoms with van der Waals surface area (Å²) in [6.45, 7) is 8.21. The van der Waals surface area contributed by atoms with Gasteiger partial charge in [-0.05, 0) is 74.5 Å². The predicted molar refractivity (Wildman–Crippen MR) is 121 cm³/mol. The van der Waals surface area contributed by atoms with Crippen LogP contribution in [-0.4, -0.2) is 52.8 Å². The Morgan fingerprint density at radius 3 is 2.61 bits per heavy atom. The number of carbonyl (C=O) groups excluding carboxylic acids is 2. The van der Waals surface area contributed by atoms with Crippen LogP contribution in [0.4, 0.5) is 0 Å². The molecule has 1 saturated heterocycles. The topological polar surface area (TPSA) is 65.5 Å². The molecule has 1 aromatic carbocycles. The first-order chi connectivity index (χ1) is 15.0. The monoisotopic (exact) mass is 420 g/mol. The molecule has 2 aromatic rings. The smallest absolute Gasteiger partial charge is 0.254 e. The summed E-state index contributed by atoms with van der Waals surface area (Å²) in [4.78, 5) is 34.2. The van der Waals surface area contributed by atoms with E-state index >= 15 is 0 Å². The van der Waals surface area contributed by atoms with Crippen LogP contribution in [0, 0.1) is 13.8 Å². The Labute approximate surface area is 184 Å². The molecule has 3 heterocycles. The van der Waals surface area contributed by atoms with Crippen LogP contribution in [0.3, 0.4) is 0 Å². The molecule has 1 aromatic heterocycles. The van der Waals surface area contributed by atoms with Crippen molar-refractivity contribution in [2.45, 2.75) is 52.6 Å². The number of benzene rings is 1. The lowest BCUT2D eigenvalue weighted by molar-refractivity contribution is -0.122. The minimum Gasteiger partial charge on any atom is -0.351 e. The Bertz CT molecular complexity index is 966. The number of likely N-dealkylation sites (tertiary alicyclic amines) is 1. The molecule has 0 spiro atoms. The Hall–Kier alpha value is -2.73. The van der Waals surface area contributed by atoms with E-state index in [0.29, 0.717) is 26.2 Å². The number of nitrogens with zero attached hydrogens (tertiary/aromatic N) is 3. The molecule has 1 fully saturated rings. The van der Waals surface area contributed by atoms with Crippen molar-refractivity contribution in [3.05, 3.63) is 64.0 Å².